The number of H-pyrrole nitrogens is 1. The molecule has 0 unspecified atom stereocenters. The van der Waals surface area contributed by atoms with Crippen molar-refractivity contribution in [1.82, 2.24) is 4.98 Å². The third-order valence-electron chi connectivity index (χ3n) is 3.00. The van der Waals surface area contributed by atoms with Crippen molar-refractivity contribution in [3.8, 4) is 11.5 Å². The Balaban J connectivity index is 2.24. The zero-order chi connectivity index (χ0) is 18.8. The molecule has 1 heterocycles. The lowest BCUT2D eigenvalue weighted by Crippen LogP contribution is -2.17. The molecule has 0 aliphatic rings. The first kappa shape index (κ1) is 18.6. The summed E-state index contributed by atoms with van der Waals surface area (Å²) < 4.78 is 40.2. The van der Waals surface area contributed by atoms with E-state index >= 15 is 0 Å². The lowest BCUT2D eigenvalue weighted by Gasteiger charge is -2.10. The minimum atomic E-state index is -4.87. The molecule has 0 radical (unpaired) electrons. The first-order valence-corrected chi connectivity index (χ1v) is 7.15. The molecule has 132 valence electrons. The van der Waals surface area contributed by atoms with E-state index in [9.17, 15) is 27.9 Å². The van der Waals surface area contributed by atoms with Crippen LogP contribution in [0.2, 0.25) is 5.02 Å². The summed E-state index contributed by atoms with van der Waals surface area (Å²) in [6, 6.07) is 4.63. The molecule has 1 aromatic heterocycles. The van der Waals surface area contributed by atoms with Gasteiger partial charge in [0.25, 0.3) is 5.56 Å². The van der Waals surface area contributed by atoms with Crippen molar-refractivity contribution in [2.45, 2.75) is 13.3 Å². The van der Waals surface area contributed by atoms with Crippen molar-refractivity contribution in [3.05, 3.63) is 62.5 Å². The SMILES string of the molecule is Cc1cc(O)c(C(=O)C=Cc2ccc(OC(F)(F)F)c(Cl)c2)c(=O)[nH]1. The summed E-state index contributed by atoms with van der Waals surface area (Å²) in [4.78, 5) is 26.2. The number of alkyl halides is 3. The summed E-state index contributed by atoms with van der Waals surface area (Å²) in [6.45, 7) is 1.54. The van der Waals surface area contributed by atoms with E-state index in [-0.39, 0.29) is 5.02 Å². The fraction of sp³-hybridized carbons (Fsp3) is 0.125. The number of rotatable bonds is 4. The van der Waals surface area contributed by atoms with Crippen molar-refractivity contribution in [1.29, 1.82) is 0 Å². The van der Waals surface area contributed by atoms with Crippen molar-refractivity contribution >= 4 is 23.5 Å². The molecule has 0 bridgehead atoms. The van der Waals surface area contributed by atoms with Crippen molar-refractivity contribution in [2.75, 3.05) is 0 Å². The fourth-order valence-electron chi connectivity index (χ4n) is 1.99. The number of aromatic nitrogens is 1. The summed E-state index contributed by atoms with van der Waals surface area (Å²) >= 11 is 5.70. The smallest absolute Gasteiger partial charge is 0.507 e. The summed E-state index contributed by atoms with van der Waals surface area (Å²) in [6.07, 6.45) is -2.64. The maximum Gasteiger partial charge on any atom is 0.573 e. The van der Waals surface area contributed by atoms with E-state index in [1.807, 2.05) is 0 Å². The molecule has 0 atom stereocenters. The van der Waals surface area contributed by atoms with Gasteiger partial charge in [0.1, 0.15) is 17.1 Å². The van der Waals surface area contributed by atoms with Crippen LogP contribution in [0.5, 0.6) is 11.5 Å². The molecule has 2 N–H and O–H groups in total. The number of allylic oxidation sites excluding steroid dienone is 1. The molecule has 1 aromatic carbocycles. The normalized spacial score (nSPS) is 11.7. The van der Waals surface area contributed by atoms with Crippen LogP contribution in [-0.2, 0) is 0 Å². The molecule has 9 heteroatoms. The maximum absolute atomic E-state index is 12.2. The lowest BCUT2D eigenvalue weighted by molar-refractivity contribution is -0.274. The second-order valence-corrected chi connectivity index (χ2v) is 5.38. The van der Waals surface area contributed by atoms with Gasteiger partial charge in [0.05, 0.1) is 5.02 Å². The van der Waals surface area contributed by atoms with Crippen molar-refractivity contribution in [3.63, 3.8) is 0 Å². The van der Waals surface area contributed by atoms with Gasteiger partial charge in [0, 0.05) is 5.69 Å². The Morgan fingerprint density at radius 1 is 1.32 bits per heavy atom. The van der Waals surface area contributed by atoms with Crippen LogP contribution in [0.3, 0.4) is 0 Å². The standard InChI is InChI=1S/C16H11ClF3NO4/c1-8-6-12(23)14(15(24)21-8)11(22)4-2-9-3-5-13(10(17)7-9)25-16(18,19)20/h2-7H,1H3,(H2,21,23,24). The van der Waals surface area contributed by atoms with E-state index in [0.717, 1.165) is 18.2 Å². The number of pyridine rings is 1. The first-order chi connectivity index (χ1) is 11.6. The van der Waals surface area contributed by atoms with Crippen molar-refractivity contribution < 1.29 is 27.8 Å². The second-order valence-electron chi connectivity index (χ2n) is 4.98. The molecule has 0 fully saturated rings. The predicted octanol–water partition coefficient (Wildman–Crippen LogP) is 3.84. The molecule has 0 saturated heterocycles. The molecular weight excluding hydrogens is 363 g/mol. The third-order valence-corrected chi connectivity index (χ3v) is 3.30. The zero-order valence-electron chi connectivity index (χ0n) is 12.6. The Bertz CT molecular complexity index is 903. The number of benzene rings is 1. The van der Waals surface area contributed by atoms with Crippen LogP contribution in [0.25, 0.3) is 6.08 Å². The van der Waals surface area contributed by atoms with Gasteiger partial charge in [-0.15, -0.1) is 13.2 Å². The summed E-state index contributed by atoms with van der Waals surface area (Å²) in [5.74, 6) is -1.82. The minimum absolute atomic E-state index is 0.302. The van der Waals surface area contributed by atoms with Crippen LogP contribution in [0, 0.1) is 6.92 Å². The van der Waals surface area contributed by atoms with Gasteiger partial charge in [-0.25, -0.2) is 0 Å². The number of halogens is 4. The number of hydrogen-bond acceptors (Lipinski definition) is 4. The van der Waals surface area contributed by atoms with E-state index in [2.05, 4.69) is 9.72 Å². The Hall–Kier alpha value is -2.74. The monoisotopic (exact) mass is 373 g/mol. The van der Waals surface area contributed by atoms with Crippen LogP contribution in [0.4, 0.5) is 13.2 Å². The number of aryl methyl sites for hydroxylation is 1. The van der Waals surface area contributed by atoms with Gasteiger partial charge in [-0.1, -0.05) is 23.7 Å². The number of aromatic hydroxyl groups is 1. The fourth-order valence-corrected chi connectivity index (χ4v) is 2.22. The number of ketones is 1. The lowest BCUT2D eigenvalue weighted by atomic mass is 10.1. The molecule has 0 aliphatic heterocycles. The number of carbonyl (C=O) groups is 1. The highest BCUT2D eigenvalue weighted by atomic mass is 35.5. The highest BCUT2D eigenvalue weighted by Crippen LogP contribution is 2.31. The summed E-state index contributed by atoms with van der Waals surface area (Å²) in [5, 5.41) is 9.41. The average Bonchev–Trinajstić information content (AvgIpc) is 2.45. The number of hydrogen-bond donors (Lipinski definition) is 2. The number of aromatic amines is 1. The van der Waals surface area contributed by atoms with E-state index in [4.69, 9.17) is 11.6 Å². The summed E-state index contributed by atoms with van der Waals surface area (Å²) in [7, 11) is 0. The van der Waals surface area contributed by atoms with Crippen molar-refractivity contribution in [2.24, 2.45) is 0 Å². The molecule has 25 heavy (non-hydrogen) atoms. The van der Waals surface area contributed by atoms with Crippen LogP contribution in [0.1, 0.15) is 21.6 Å². The van der Waals surface area contributed by atoms with Gasteiger partial charge >= 0.3 is 6.36 Å². The molecular formula is C16H11ClF3NO4. The Kier molecular flexibility index (Phi) is 5.22. The van der Waals surface area contributed by atoms with E-state index in [1.165, 1.54) is 25.1 Å². The molecule has 2 rings (SSSR count). The van der Waals surface area contributed by atoms with Gasteiger partial charge < -0.3 is 14.8 Å². The largest absolute Gasteiger partial charge is 0.573 e. The molecule has 0 amide bonds. The molecule has 0 spiro atoms. The highest BCUT2D eigenvalue weighted by molar-refractivity contribution is 6.32. The zero-order valence-corrected chi connectivity index (χ0v) is 13.4. The van der Waals surface area contributed by atoms with Gasteiger partial charge in [0.2, 0.25) is 0 Å². The first-order valence-electron chi connectivity index (χ1n) is 6.77. The third kappa shape index (κ3) is 4.87. The van der Waals surface area contributed by atoms with Gasteiger partial charge in [-0.2, -0.15) is 0 Å². The van der Waals surface area contributed by atoms with E-state index in [0.29, 0.717) is 11.3 Å². The van der Waals surface area contributed by atoms with E-state index < -0.39 is 34.8 Å². The van der Waals surface area contributed by atoms with Crippen LogP contribution in [0.15, 0.2) is 35.1 Å². The Labute approximate surface area is 144 Å². The highest BCUT2D eigenvalue weighted by Gasteiger charge is 2.31. The molecule has 2 aromatic rings. The van der Waals surface area contributed by atoms with Crippen LogP contribution < -0.4 is 10.3 Å². The topological polar surface area (TPSA) is 79.4 Å². The number of carbonyl (C=O) groups excluding carboxylic acids is 1. The average molecular weight is 374 g/mol. The molecule has 0 saturated carbocycles. The molecule has 0 aliphatic carbocycles. The quantitative estimate of drug-likeness (QED) is 0.630. The molecule has 5 nitrogen and oxygen atoms in total. The van der Waals surface area contributed by atoms with Gasteiger partial charge in [0.15, 0.2) is 5.78 Å². The maximum atomic E-state index is 12.2. The van der Waals surface area contributed by atoms with E-state index in [1.54, 1.807) is 0 Å². The van der Waals surface area contributed by atoms with Crippen LogP contribution in [-0.4, -0.2) is 22.2 Å². The van der Waals surface area contributed by atoms with Gasteiger partial charge in [-0.05, 0) is 36.8 Å². The Morgan fingerprint density at radius 3 is 2.56 bits per heavy atom. The summed E-state index contributed by atoms with van der Waals surface area (Å²) in [5.41, 5.74) is -0.505. The number of nitrogens with one attached hydrogen (secondary N) is 1. The minimum Gasteiger partial charge on any atom is -0.507 e. The van der Waals surface area contributed by atoms with Crippen LogP contribution >= 0.6 is 11.6 Å². The predicted molar refractivity (Wildman–Crippen MR) is 85.0 cm³/mol. The Morgan fingerprint density at radius 2 is 2.00 bits per heavy atom. The van der Waals surface area contributed by atoms with Gasteiger partial charge in [-0.3, -0.25) is 9.59 Å². The second kappa shape index (κ2) is 7.02. The number of ether oxygens (including phenoxy) is 1.